The van der Waals surface area contributed by atoms with Crippen molar-refractivity contribution in [2.75, 3.05) is 24.6 Å². The largest absolute Gasteiger partial charge is 0.375 e. The summed E-state index contributed by atoms with van der Waals surface area (Å²) in [6.45, 7) is 4.85. The van der Waals surface area contributed by atoms with Crippen LogP contribution in [0, 0.1) is 6.92 Å². The van der Waals surface area contributed by atoms with Crippen molar-refractivity contribution >= 4 is 38.3 Å². The van der Waals surface area contributed by atoms with Crippen molar-refractivity contribution in [1.29, 1.82) is 0 Å². The lowest BCUT2D eigenvalue weighted by molar-refractivity contribution is 0.425. The number of aromatic nitrogens is 1. The first kappa shape index (κ1) is 13.1. The summed E-state index contributed by atoms with van der Waals surface area (Å²) in [7, 11) is -3.41. The molecule has 8 heteroatoms. The van der Waals surface area contributed by atoms with E-state index in [0.29, 0.717) is 29.2 Å². The fraction of sp³-hybridized carbons (Fsp3) is 0.667. The summed E-state index contributed by atoms with van der Waals surface area (Å²) in [5.41, 5.74) is 6.05. The zero-order valence-electron chi connectivity index (χ0n) is 9.71. The van der Waals surface area contributed by atoms with E-state index < -0.39 is 10.0 Å². The molecule has 0 radical (unpaired) electrons. The topological polar surface area (TPSA) is 76.3 Å². The second kappa shape index (κ2) is 4.75. The zero-order valence-corrected chi connectivity index (χ0v) is 12.2. The van der Waals surface area contributed by atoms with Gasteiger partial charge in [0.15, 0.2) is 9.34 Å². The molecule has 5 nitrogen and oxygen atoms in total. The van der Waals surface area contributed by atoms with Crippen molar-refractivity contribution < 1.29 is 8.42 Å². The van der Waals surface area contributed by atoms with Gasteiger partial charge in [0.05, 0.1) is 5.69 Å². The average Bonchev–Trinajstić information content (AvgIpc) is 2.58. The Hall–Kier alpha value is -0.310. The van der Waals surface area contributed by atoms with Gasteiger partial charge in [-0.1, -0.05) is 18.3 Å². The summed E-state index contributed by atoms with van der Waals surface area (Å²) in [6, 6.07) is 0. The molecule has 2 N–H and O–H groups in total. The molecule has 17 heavy (non-hydrogen) atoms. The number of nitrogens with two attached hydrogens (primary N) is 1. The number of hydrogen-bond acceptors (Lipinski definition) is 6. The van der Waals surface area contributed by atoms with Crippen LogP contribution in [-0.4, -0.2) is 41.8 Å². The Kier molecular flexibility index (Phi) is 3.67. The Morgan fingerprint density at radius 1 is 1.53 bits per heavy atom. The highest BCUT2D eigenvalue weighted by atomic mass is 32.2. The molecule has 1 atom stereocenters. The minimum Gasteiger partial charge on any atom is -0.375 e. The number of aryl methyl sites for hydroxylation is 1. The second-order valence-corrected chi connectivity index (χ2v) is 8.68. The number of anilines is 1. The molecular formula is C9H15N3O2S3. The summed E-state index contributed by atoms with van der Waals surface area (Å²) < 4.78 is 26.6. The molecule has 1 aromatic rings. The number of nitrogen functional groups attached to an aromatic ring is 1. The SMILES string of the molecule is Cc1nc(N)sc1S(=O)(=O)N1CCSC(C)C1. The van der Waals surface area contributed by atoms with Crippen LogP contribution < -0.4 is 5.73 Å². The first-order valence-corrected chi connectivity index (χ1v) is 8.56. The Bertz CT molecular complexity index is 512. The third-order valence-corrected chi connectivity index (χ3v) is 7.12. The van der Waals surface area contributed by atoms with Gasteiger partial charge in [-0.25, -0.2) is 13.4 Å². The van der Waals surface area contributed by atoms with Crippen molar-refractivity contribution in [3.63, 3.8) is 0 Å². The Balaban J connectivity index is 2.33. The fourth-order valence-corrected chi connectivity index (χ4v) is 5.95. The summed E-state index contributed by atoms with van der Waals surface area (Å²) in [5, 5.41) is 0.643. The van der Waals surface area contributed by atoms with E-state index in [-0.39, 0.29) is 4.21 Å². The second-order valence-electron chi connectivity index (χ2n) is 3.97. The first-order valence-electron chi connectivity index (χ1n) is 5.26. The smallest absolute Gasteiger partial charge is 0.254 e. The normalized spacial score (nSPS) is 22.8. The predicted octanol–water partition coefficient (Wildman–Crippen LogP) is 1.16. The molecule has 0 saturated carbocycles. The quantitative estimate of drug-likeness (QED) is 0.885. The number of sulfonamides is 1. The van der Waals surface area contributed by atoms with Crippen LogP contribution in [0.25, 0.3) is 0 Å². The van der Waals surface area contributed by atoms with Gasteiger partial charge in [0.1, 0.15) is 0 Å². The molecule has 0 bridgehead atoms. The standard InChI is InChI=1S/C9H15N3O2S3/c1-6-5-12(3-4-15-6)17(13,14)8-7(2)11-9(10)16-8/h6H,3-5H2,1-2H3,(H2,10,11). The maximum Gasteiger partial charge on any atom is 0.254 e. The van der Waals surface area contributed by atoms with E-state index in [9.17, 15) is 8.42 Å². The Labute approximate surface area is 109 Å². The fourth-order valence-electron chi connectivity index (χ4n) is 1.76. The minimum atomic E-state index is -3.41. The van der Waals surface area contributed by atoms with Crippen LogP contribution in [0.3, 0.4) is 0 Å². The molecule has 0 amide bonds. The van der Waals surface area contributed by atoms with E-state index in [1.807, 2.05) is 6.92 Å². The lowest BCUT2D eigenvalue weighted by Crippen LogP contribution is -2.40. The van der Waals surface area contributed by atoms with Crippen molar-refractivity contribution in [1.82, 2.24) is 9.29 Å². The van der Waals surface area contributed by atoms with Crippen LogP contribution in [0.1, 0.15) is 12.6 Å². The van der Waals surface area contributed by atoms with Gasteiger partial charge in [0.25, 0.3) is 10.0 Å². The Morgan fingerprint density at radius 3 is 2.76 bits per heavy atom. The molecular weight excluding hydrogens is 278 g/mol. The van der Waals surface area contributed by atoms with Gasteiger partial charge in [-0.05, 0) is 6.92 Å². The third-order valence-electron chi connectivity index (χ3n) is 2.55. The highest BCUT2D eigenvalue weighted by Gasteiger charge is 2.31. The van der Waals surface area contributed by atoms with Gasteiger partial charge in [-0.2, -0.15) is 16.1 Å². The molecule has 1 fully saturated rings. The number of hydrogen-bond donors (Lipinski definition) is 1. The lowest BCUT2D eigenvalue weighted by atomic mass is 10.4. The molecule has 0 aromatic carbocycles. The van der Waals surface area contributed by atoms with E-state index in [4.69, 9.17) is 5.73 Å². The number of thioether (sulfide) groups is 1. The highest BCUT2D eigenvalue weighted by molar-refractivity contribution is 8.00. The molecule has 0 spiro atoms. The minimum absolute atomic E-state index is 0.286. The van der Waals surface area contributed by atoms with Gasteiger partial charge in [0.2, 0.25) is 0 Å². The maximum absolute atomic E-state index is 12.4. The third kappa shape index (κ3) is 2.59. The van der Waals surface area contributed by atoms with Gasteiger partial charge in [-0.3, -0.25) is 0 Å². The number of thiazole rings is 1. The van der Waals surface area contributed by atoms with Crippen LogP contribution >= 0.6 is 23.1 Å². The molecule has 0 aliphatic carbocycles. The van der Waals surface area contributed by atoms with E-state index >= 15 is 0 Å². The van der Waals surface area contributed by atoms with Crippen LogP contribution in [-0.2, 0) is 10.0 Å². The molecule has 1 unspecified atom stereocenters. The van der Waals surface area contributed by atoms with E-state index in [2.05, 4.69) is 4.98 Å². The van der Waals surface area contributed by atoms with Gasteiger partial charge in [0, 0.05) is 24.1 Å². The predicted molar refractivity (Wildman–Crippen MR) is 71.9 cm³/mol. The summed E-state index contributed by atoms with van der Waals surface area (Å²) >= 11 is 2.85. The zero-order chi connectivity index (χ0) is 12.6. The molecule has 1 aliphatic heterocycles. The molecule has 2 rings (SSSR count). The van der Waals surface area contributed by atoms with Gasteiger partial charge >= 0.3 is 0 Å². The van der Waals surface area contributed by atoms with Crippen LogP contribution in [0.4, 0.5) is 5.13 Å². The van der Waals surface area contributed by atoms with E-state index in [1.54, 1.807) is 18.7 Å². The Morgan fingerprint density at radius 2 is 2.24 bits per heavy atom. The summed E-state index contributed by atoms with van der Waals surface area (Å²) in [5.74, 6) is 0.841. The molecule has 2 heterocycles. The average molecular weight is 293 g/mol. The van der Waals surface area contributed by atoms with Gasteiger partial charge in [-0.15, -0.1) is 0 Å². The van der Waals surface area contributed by atoms with Crippen molar-refractivity contribution in [3.05, 3.63) is 5.69 Å². The van der Waals surface area contributed by atoms with Crippen LogP contribution in [0.15, 0.2) is 4.21 Å². The van der Waals surface area contributed by atoms with Crippen molar-refractivity contribution in [2.45, 2.75) is 23.3 Å². The summed E-state index contributed by atoms with van der Waals surface area (Å²) in [6.07, 6.45) is 0. The summed E-state index contributed by atoms with van der Waals surface area (Å²) in [4.78, 5) is 3.98. The maximum atomic E-state index is 12.4. The van der Waals surface area contributed by atoms with Crippen molar-refractivity contribution in [2.24, 2.45) is 0 Å². The highest BCUT2D eigenvalue weighted by Crippen LogP contribution is 2.30. The first-order chi connectivity index (χ1) is 7.91. The van der Waals surface area contributed by atoms with Crippen LogP contribution in [0.5, 0.6) is 0 Å². The van der Waals surface area contributed by atoms with Gasteiger partial charge < -0.3 is 5.73 Å². The molecule has 1 saturated heterocycles. The molecule has 1 aromatic heterocycles. The lowest BCUT2D eigenvalue weighted by Gasteiger charge is -2.29. The molecule has 96 valence electrons. The van der Waals surface area contributed by atoms with E-state index in [1.165, 1.54) is 4.31 Å². The molecule has 1 aliphatic rings. The number of rotatable bonds is 2. The number of nitrogens with zero attached hydrogens (tertiary/aromatic N) is 2. The monoisotopic (exact) mass is 293 g/mol. The van der Waals surface area contributed by atoms with Crippen molar-refractivity contribution in [3.8, 4) is 0 Å². The van der Waals surface area contributed by atoms with E-state index in [0.717, 1.165) is 17.1 Å². The van der Waals surface area contributed by atoms with Crippen LogP contribution in [0.2, 0.25) is 0 Å².